The average molecular weight is 243 g/mol. The monoisotopic (exact) mass is 243 g/mol. The van der Waals surface area contributed by atoms with Crippen LogP contribution in [-0.4, -0.2) is 53.6 Å². The van der Waals surface area contributed by atoms with Crippen LogP contribution in [0.2, 0.25) is 0 Å². The van der Waals surface area contributed by atoms with Gasteiger partial charge >= 0.3 is 0 Å². The molecule has 0 radical (unpaired) electrons. The van der Waals surface area contributed by atoms with E-state index in [2.05, 4.69) is 30.7 Å². The molecule has 1 rings (SSSR count). The number of nitrogens with two attached hydrogens (primary N) is 1. The van der Waals surface area contributed by atoms with Crippen molar-refractivity contribution in [1.82, 2.24) is 9.80 Å². The zero-order valence-electron chi connectivity index (χ0n) is 10.8. The van der Waals surface area contributed by atoms with E-state index in [1.54, 1.807) is 0 Å². The maximum atomic E-state index is 5.60. The van der Waals surface area contributed by atoms with Crippen LogP contribution >= 0.6 is 12.2 Å². The van der Waals surface area contributed by atoms with E-state index in [0.717, 1.165) is 6.42 Å². The molecule has 1 aliphatic rings. The van der Waals surface area contributed by atoms with Gasteiger partial charge in [-0.15, -0.1) is 0 Å². The molecule has 3 nitrogen and oxygen atoms in total. The lowest BCUT2D eigenvalue weighted by Crippen LogP contribution is -2.47. The third-order valence-corrected chi connectivity index (χ3v) is 3.94. The summed E-state index contributed by atoms with van der Waals surface area (Å²) in [6, 6.07) is 1.17. The lowest BCUT2D eigenvalue weighted by Gasteiger charge is -2.39. The summed E-state index contributed by atoms with van der Waals surface area (Å²) in [5, 5.41) is 0. The highest BCUT2D eigenvalue weighted by Gasteiger charge is 2.24. The standard InChI is InChI=1S/C12H25N3S/c1-4-15-7-5-11(6-8-15)14(3)10(2)9-12(13)16/h10-11H,4-9H2,1-3H3,(H2,13,16). The number of hydrogen-bond donors (Lipinski definition) is 1. The highest BCUT2D eigenvalue weighted by atomic mass is 32.1. The van der Waals surface area contributed by atoms with Crippen LogP contribution in [0.5, 0.6) is 0 Å². The van der Waals surface area contributed by atoms with E-state index in [1.165, 1.54) is 32.5 Å². The van der Waals surface area contributed by atoms with Gasteiger partial charge in [0, 0.05) is 18.5 Å². The van der Waals surface area contributed by atoms with E-state index in [1.807, 2.05) is 0 Å². The Balaban J connectivity index is 2.37. The van der Waals surface area contributed by atoms with Gasteiger partial charge in [0.05, 0.1) is 4.99 Å². The first-order valence-electron chi connectivity index (χ1n) is 6.27. The van der Waals surface area contributed by atoms with Gasteiger partial charge in [-0.2, -0.15) is 0 Å². The largest absolute Gasteiger partial charge is 0.393 e. The van der Waals surface area contributed by atoms with Gasteiger partial charge in [0.1, 0.15) is 0 Å². The Labute approximate surface area is 105 Å². The number of likely N-dealkylation sites (tertiary alicyclic amines) is 1. The second kappa shape index (κ2) is 6.52. The first kappa shape index (κ1) is 13.9. The van der Waals surface area contributed by atoms with Crippen LogP contribution in [0.15, 0.2) is 0 Å². The van der Waals surface area contributed by atoms with Gasteiger partial charge in [0.2, 0.25) is 0 Å². The molecule has 0 amide bonds. The Bertz CT molecular complexity index is 224. The summed E-state index contributed by atoms with van der Waals surface area (Å²) in [6.45, 7) is 8.08. The fourth-order valence-electron chi connectivity index (χ4n) is 2.44. The molecule has 0 spiro atoms. The van der Waals surface area contributed by atoms with Crippen molar-refractivity contribution in [3.63, 3.8) is 0 Å². The van der Waals surface area contributed by atoms with Crippen molar-refractivity contribution >= 4 is 17.2 Å². The minimum Gasteiger partial charge on any atom is -0.393 e. The number of hydrogen-bond acceptors (Lipinski definition) is 3. The molecule has 94 valence electrons. The fraction of sp³-hybridized carbons (Fsp3) is 0.917. The second-order valence-electron chi connectivity index (χ2n) is 4.85. The molecule has 4 heteroatoms. The number of thiocarbonyl (C=S) groups is 1. The quantitative estimate of drug-likeness (QED) is 0.741. The Hall–Kier alpha value is -0.190. The van der Waals surface area contributed by atoms with E-state index in [9.17, 15) is 0 Å². The maximum Gasteiger partial charge on any atom is 0.0742 e. The van der Waals surface area contributed by atoms with Crippen LogP contribution in [0.1, 0.15) is 33.1 Å². The van der Waals surface area contributed by atoms with Gasteiger partial charge in [-0.1, -0.05) is 19.1 Å². The van der Waals surface area contributed by atoms with E-state index >= 15 is 0 Å². The van der Waals surface area contributed by atoms with E-state index < -0.39 is 0 Å². The zero-order valence-corrected chi connectivity index (χ0v) is 11.6. The van der Waals surface area contributed by atoms with Crippen molar-refractivity contribution in [1.29, 1.82) is 0 Å². The van der Waals surface area contributed by atoms with E-state index in [-0.39, 0.29) is 0 Å². The molecule has 0 aromatic heterocycles. The van der Waals surface area contributed by atoms with Crippen molar-refractivity contribution in [3.05, 3.63) is 0 Å². The lowest BCUT2D eigenvalue weighted by molar-refractivity contribution is 0.107. The molecule has 1 aliphatic heterocycles. The highest BCUT2D eigenvalue weighted by Crippen LogP contribution is 2.18. The van der Waals surface area contributed by atoms with Gasteiger partial charge < -0.3 is 15.5 Å². The predicted molar refractivity (Wildman–Crippen MR) is 73.8 cm³/mol. The summed E-state index contributed by atoms with van der Waals surface area (Å²) in [7, 11) is 2.20. The maximum absolute atomic E-state index is 5.60. The SMILES string of the molecule is CCN1CCC(N(C)C(C)CC(N)=S)CC1. The van der Waals surface area contributed by atoms with Crippen molar-refractivity contribution in [3.8, 4) is 0 Å². The van der Waals surface area contributed by atoms with Crippen LogP contribution < -0.4 is 5.73 Å². The molecule has 16 heavy (non-hydrogen) atoms. The summed E-state index contributed by atoms with van der Waals surface area (Å²) in [5.74, 6) is 0. The van der Waals surface area contributed by atoms with Crippen molar-refractivity contribution in [2.24, 2.45) is 5.73 Å². The van der Waals surface area contributed by atoms with Crippen LogP contribution in [0, 0.1) is 0 Å². The van der Waals surface area contributed by atoms with Crippen molar-refractivity contribution in [2.75, 3.05) is 26.7 Å². The Morgan fingerprint density at radius 2 is 2.06 bits per heavy atom. The van der Waals surface area contributed by atoms with Crippen molar-refractivity contribution in [2.45, 2.75) is 45.2 Å². The number of nitrogens with zero attached hydrogens (tertiary/aromatic N) is 2. The van der Waals surface area contributed by atoms with Gasteiger partial charge in [0.15, 0.2) is 0 Å². The molecule has 0 aromatic rings. The molecule has 1 atom stereocenters. The lowest BCUT2D eigenvalue weighted by atomic mass is 10.0. The van der Waals surface area contributed by atoms with Crippen LogP contribution in [0.25, 0.3) is 0 Å². The molecular weight excluding hydrogens is 218 g/mol. The van der Waals surface area contributed by atoms with E-state index in [0.29, 0.717) is 17.1 Å². The molecule has 1 heterocycles. The predicted octanol–water partition coefficient (Wildman–Crippen LogP) is 1.47. The first-order chi connectivity index (χ1) is 7.54. The van der Waals surface area contributed by atoms with Gasteiger partial charge in [0.25, 0.3) is 0 Å². The van der Waals surface area contributed by atoms with E-state index in [4.69, 9.17) is 18.0 Å². The molecule has 1 unspecified atom stereocenters. The molecule has 0 aromatic carbocycles. The molecule has 0 saturated carbocycles. The number of rotatable bonds is 5. The third-order valence-electron chi connectivity index (χ3n) is 3.77. The first-order valence-corrected chi connectivity index (χ1v) is 6.68. The summed E-state index contributed by atoms with van der Waals surface area (Å²) in [4.78, 5) is 5.60. The number of piperidine rings is 1. The Kier molecular flexibility index (Phi) is 5.66. The zero-order chi connectivity index (χ0) is 12.1. The normalized spacial score (nSPS) is 21.2. The van der Waals surface area contributed by atoms with Crippen LogP contribution in [0.4, 0.5) is 0 Å². The van der Waals surface area contributed by atoms with Gasteiger partial charge in [-0.3, -0.25) is 0 Å². The molecule has 0 bridgehead atoms. The molecule has 0 aliphatic carbocycles. The fourth-order valence-corrected chi connectivity index (χ4v) is 2.68. The topological polar surface area (TPSA) is 32.5 Å². The minimum absolute atomic E-state index is 0.468. The molecular formula is C12H25N3S. The summed E-state index contributed by atoms with van der Waals surface area (Å²) >= 11 is 4.97. The van der Waals surface area contributed by atoms with Crippen LogP contribution in [-0.2, 0) is 0 Å². The summed E-state index contributed by atoms with van der Waals surface area (Å²) in [6.07, 6.45) is 3.37. The molecule has 2 N–H and O–H groups in total. The smallest absolute Gasteiger partial charge is 0.0742 e. The second-order valence-corrected chi connectivity index (χ2v) is 5.37. The van der Waals surface area contributed by atoms with Gasteiger partial charge in [-0.05, 0) is 46.4 Å². The average Bonchev–Trinajstić information content (AvgIpc) is 2.27. The summed E-state index contributed by atoms with van der Waals surface area (Å²) < 4.78 is 0. The Morgan fingerprint density at radius 1 is 1.50 bits per heavy atom. The van der Waals surface area contributed by atoms with Gasteiger partial charge in [-0.25, -0.2) is 0 Å². The minimum atomic E-state index is 0.468. The van der Waals surface area contributed by atoms with Crippen molar-refractivity contribution < 1.29 is 0 Å². The summed E-state index contributed by atoms with van der Waals surface area (Å²) in [5.41, 5.74) is 5.60. The Morgan fingerprint density at radius 3 is 2.50 bits per heavy atom. The third kappa shape index (κ3) is 4.00. The highest BCUT2D eigenvalue weighted by molar-refractivity contribution is 7.80. The van der Waals surface area contributed by atoms with Crippen LogP contribution in [0.3, 0.4) is 0 Å². The molecule has 1 fully saturated rings. The molecule has 1 saturated heterocycles.